The third kappa shape index (κ3) is 2.36. The van der Waals surface area contributed by atoms with Crippen molar-refractivity contribution in [2.75, 3.05) is 11.5 Å². The van der Waals surface area contributed by atoms with Crippen LogP contribution in [0.1, 0.15) is 5.56 Å². The standard InChI is InChI=1S/C11H13NO3S/c13-11-7-16-6-9(11)5-8-3-1-2-4-10(8)12(14)15/h1-4,9,11,13H,5-7H2. The number of aliphatic hydroxyl groups is 1. The van der Waals surface area contributed by atoms with Gasteiger partial charge in [0.15, 0.2) is 0 Å². The van der Waals surface area contributed by atoms with Crippen LogP contribution in [0, 0.1) is 16.0 Å². The Morgan fingerprint density at radius 2 is 2.19 bits per heavy atom. The molecule has 0 spiro atoms. The fraction of sp³-hybridized carbons (Fsp3) is 0.455. The van der Waals surface area contributed by atoms with E-state index in [0.717, 1.165) is 17.1 Å². The van der Waals surface area contributed by atoms with Gasteiger partial charge in [-0.2, -0.15) is 11.8 Å². The Balaban J connectivity index is 2.17. The molecule has 1 heterocycles. The molecule has 1 aromatic carbocycles. The van der Waals surface area contributed by atoms with Gasteiger partial charge in [0.05, 0.1) is 11.0 Å². The second kappa shape index (κ2) is 4.84. The quantitative estimate of drug-likeness (QED) is 0.646. The third-order valence-electron chi connectivity index (χ3n) is 2.84. The van der Waals surface area contributed by atoms with Crippen molar-refractivity contribution in [1.82, 2.24) is 0 Å². The van der Waals surface area contributed by atoms with Gasteiger partial charge in [-0.15, -0.1) is 0 Å². The lowest BCUT2D eigenvalue weighted by atomic mass is 9.96. The average molecular weight is 239 g/mol. The van der Waals surface area contributed by atoms with Crippen LogP contribution in [0.4, 0.5) is 5.69 Å². The molecule has 1 fully saturated rings. The summed E-state index contributed by atoms with van der Waals surface area (Å²) in [6, 6.07) is 6.76. The molecule has 0 amide bonds. The summed E-state index contributed by atoms with van der Waals surface area (Å²) in [4.78, 5) is 10.5. The van der Waals surface area contributed by atoms with Gasteiger partial charge in [-0.3, -0.25) is 10.1 Å². The van der Waals surface area contributed by atoms with Crippen LogP contribution in [0.15, 0.2) is 24.3 Å². The number of para-hydroxylation sites is 1. The van der Waals surface area contributed by atoms with Gasteiger partial charge >= 0.3 is 0 Å². The number of benzene rings is 1. The number of aliphatic hydroxyl groups excluding tert-OH is 1. The summed E-state index contributed by atoms with van der Waals surface area (Å²) in [6.07, 6.45) is 0.260. The molecule has 1 aliphatic heterocycles. The van der Waals surface area contributed by atoms with Crippen molar-refractivity contribution < 1.29 is 10.0 Å². The zero-order valence-corrected chi connectivity index (χ0v) is 9.52. The first-order valence-corrected chi connectivity index (χ1v) is 6.32. The summed E-state index contributed by atoms with van der Waals surface area (Å²) in [5.41, 5.74) is 0.880. The Hall–Kier alpha value is -1.07. The lowest BCUT2D eigenvalue weighted by Gasteiger charge is -2.13. The van der Waals surface area contributed by atoms with E-state index < -0.39 is 0 Å². The van der Waals surface area contributed by atoms with Crippen LogP contribution in [-0.2, 0) is 6.42 Å². The molecule has 16 heavy (non-hydrogen) atoms. The Morgan fingerprint density at radius 3 is 2.81 bits per heavy atom. The monoisotopic (exact) mass is 239 g/mol. The second-order valence-electron chi connectivity index (χ2n) is 3.95. The van der Waals surface area contributed by atoms with Crippen LogP contribution in [0.3, 0.4) is 0 Å². The van der Waals surface area contributed by atoms with Gasteiger partial charge in [0.2, 0.25) is 0 Å². The molecule has 2 atom stereocenters. The SMILES string of the molecule is O=[N+]([O-])c1ccccc1CC1CSCC1O. The maximum absolute atomic E-state index is 10.8. The molecule has 5 heteroatoms. The average Bonchev–Trinajstić information content (AvgIpc) is 2.65. The molecule has 0 aromatic heterocycles. The first-order valence-electron chi connectivity index (χ1n) is 5.16. The van der Waals surface area contributed by atoms with Gasteiger partial charge in [0, 0.05) is 17.4 Å². The number of rotatable bonds is 3. The van der Waals surface area contributed by atoms with Crippen molar-refractivity contribution in [3.8, 4) is 0 Å². The molecule has 4 nitrogen and oxygen atoms in total. The van der Waals surface area contributed by atoms with E-state index in [1.54, 1.807) is 30.0 Å². The summed E-state index contributed by atoms with van der Waals surface area (Å²) in [6.45, 7) is 0. The van der Waals surface area contributed by atoms with Crippen LogP contribution in [-0.4, -0.2) is 27.6 Å². The molecule has 1 saturated heterocycles. The maximum Gasteiger partial charge on any atom is 0.272 e. The molecule has 0 saturated carbocycles. The van der Waals surface area contributed by atoms with Crippen LogP contribution >= 0.6 is 11.8 Å². The summed E-state index contributed by atoms with van der Waals surface area (Å²) in [7, 11) is 0. The lowest BCUT2D eigenvalue weighted by molar-refractivity contribution is -0.385. The predicted octanol–water partition coefficient (Wildman–Crippen LogP) is 1.86. The zero-order chi connectivity index (χ0) is 11.5. The predicted molar refractivity (Wildman–Crippen MR) is 63.6 cm³/mol. The minimum absolute atomic E-state index is 0.145. The molecular weight excluding hydrogens is 226 g/mol. The molecule has 2 rings (SSSR count). The summed E-state index contributed by atoms with van der Waals surface area (Å²) < 4.78 is 0. The first-order chi connectivity index (χ1) is 7.68. The van der Waals surface area contributed by atoms with E-state index in [-0.39, 0.29) is 22.6 Å². The van der Waals surface area contributed by atoms with Crippen molar-refractivity contribution in [2.24, 2.45) is 5.92 Å². The van der Waals surface area contributed by atoms with Crippen LogP contribution in [0.25, 0.3) is 0 Å². The van der Waals surface area contributed by atoms with E-state index in [0.29, 0.717) is 6.42 Å². The van der Waals surface area contributed by atoms with Crippen molar-refractivity contribution in [3.63, 3.8) is 0 Å². The number of thioether (sulfide) groups is 1. The molecule has 86 valence electrons. The van der Waals surface area contributed by atoms with E-state index in [1.807, 2.05) is 0 Å². The van der Waals surface area contributed by atoms with Gasteiger partial charge in [0.25, 0.3) is 5.69 Å². The first kappa shape index (κ1) is 11.4. The fourth-order valence-corrected chi connectivity index (χ4v) is 3.22. The van der Waals surface area contributed by atoms with Crippen molar-refractivity contribution in [1.29, 1.82) is 0 Å². The zero-order valence-electron chi connectivity index (χ0n) is 8.70. The van der Waals surface area contributed by atoms with E-state index in [4.69, 9.17) is 0 Å². The largest absolute Gasteiger partial charge is 0.392 e. The minimum Gasteiger partial charge on any atom is -0.392 e. The number of hydrogen-bond donors (Lipinski definition) is 1. The Labute approximate surface area is 97.8 Å². The number of nitro benzene ring substituents is 1. The molecule has 0 radical (unpaired) electrons. The molecule has 0 aliphatic carbocycles. The van der Waals surface area contributed by atoms with E-state index in [1.165, 1.54) is 6.07 Å². The van der Waals surface area contributed by atoms with Gasteiger partial charge < -0.3 is 5.11 Å². The van der Waals surface area contributed by atoms with Crippen molar-refractivity contribution in [3.05, 3.63) is 39.9 Å². The molecule has 1 aliphatic rings. The fourth-order valence-electron chi connectivity index (χ4n) is 1.93. The van der Waals surface area contributed by atoms with E-state index in [9.17, 15) is 15.2 Å². The molecule has 1 N–H and O–H groups in total. The molecular formula is C11H13NO3S. The Morgan fingerprint density at radius 1 is 1.44 bits per heavy atom. The number of hydrogen-bond acceptors (Lipinski definition) is 4. The highest BCUT2D eigenvalue weighted by Crippen LogP contribution is 2.30. The van der Waals surface area contributed by atoms with Gasteiger partial charge in [-0.05, 0) is 18.1 Å². The second-order valence-corrected chi connectivity index (χ2v) is 5.03. The molecule has 1 aromatic rings. The topological polar surface area (TPSA) is 63.4 Å². The number of nitrogens with zero attached hydrogens (tertiary/aromatic N) is 1. The van der Waals surface area contributed by atoms with E-state index >= 15 is 0 Å². The summed E-state index contributed by atoms with van der Waals surface area (Å²) >= 11 is 1.70. The Kier molecular flexibility index (Phi) is 3.46. The summed E-state index contributed by atoms with van der Waals surface area (Å²) in [5, 5.41) is 20.5. The lowest BCUT2D eigenvalue weighted by Crippen LogP contribution is -2.20. The van der Waals surface area contributed by atoms with E-state index in [2.05, 4.69) is 0 Å². The van der Waals surface area contributed by atoms with Crippen LogP contribution < -0.4 is 0 Å². The highest BCUT2D eigenvalue weighted by atomic mass is 32.2. The minimum atomic E-state index is -0.357. The van der Waals surface area contributed by atoms with Gasteiger partial charge in [0.1, 0.15) is 0 Å². The highest BCUT2D eigenvalue weighted by molar-refractivity contribution is 7.99. The van der Waals surface area contributed by atoms with Gasteiger partial charge in [-0.1, -0.05) is 18.2 Å². The van der Waals surface area contributed by atoms with Crippen LogP contribution in [0.5, 0.6) is 0 Å². The third-order valence-corrected chi connectivity index (χ3v) is 4.08. The maximum atomic E-state index is 10.8. The van der Waals surface area contributed by atoms with Crippen molar-refractivity contribution in [2.45, 2.75) is 12.5 Å². The number of nitro groups is 1. The van der Waals surface area contributed by atoms with Crippen molar-refractivity contribution >= 4 is 17.4 Å². The Bertz CT molecular complexity index is 397. The smallest absolute Gasteiger partial charge is 0.272 e. The summed E-state index contributed by atoms with van der Waals surface area (Å²) in [5.74, 6) is 1.77. The van der Waals surface area contributed by atoms with Gasteiger partial charge in [-0.25, -0.2) is 0 Å². The highest BCUT2D eigenvalue weighted by Gasteiger charge is 2.27. The normalized spacial score (nSPS) is 24.6. The molecule has 2 unspecified atom stereocenters. The molecule has 0 bridgehead atoms. The van der Waals surface area contributed by atoms with Crippen LogP contribution in [0.2, 0.25) is 0 Å².